The van der Waals surface area contributed by atoms with Crippen LogP contribution in [-0.2, 0) is 27.2 Å². The molecule has 0 aliphatic rings. The molecule has 0 unspecified atom stereocenters. The van der Waals surface area contributed by atoms with Crippen LogP contribution in [0, 0.1) is 11.8 Å². The molecule has 0 aromatic carbocycles. The van der Waals surface area contributed by atoms with E-state index >= 15 is 0 Å². The van der Waals surface area contributed by atoms with Gasteiger partial charge in [-0.25, -0.2) is 4.79 Å². The van der Waals surface area contributed by atoms with Gasteiger partial charge in [-0.1, -0.05) is 50.4 Å². The van der Waals surface area contributed by atoms with Crippen LogP contribution in [0.25, 0.3) is 0 Å². The van der Waals surface area contributed by atoms with Gasteiger partial charge in [-0.05, 0) is 45.4 Å². The maximum atomic E-state index is 12.7. The molecule has 3 amide bonds. The molecule has 0 saturated carbocycles. The number of carbonyl (C=O) groups excluding carboxylic acids is 3. The first-order valence-corrected chi connectivity index (χ1v) is 13.7. The summed E-state index contributed by atoms with van der Waals surface area (Å²) in [7, 11) is 0. The van der Waals surface area contributed by atoms with E-state index in [0.29, 0.717) is 23.1 Å². The van der Waals surface area contributed by atoms with Gasteiger partial charge in [0.25, 0.3) is 0 Å². The summed E-state index contributed by atoms with van der Waals surface area (Å²) < 4.78 is 5.26. The van der Waals surface area contributed by atoms with Gasteiger partial charge in [0, 0.05) is 19.3 Å². The first-order valence-electron chi connectivity index (χ1n) is 12.1. The van der Waals surface area contributed by atoms with Crippen LogP contribution in [0.3, 0.4) is 0 Å². The lowest BCUT2D eigenvalue weighted by Gasteiger charge is -2.24. The maximum Gasteiger partial charge on any atom is 0.408 e. The predicted molar refractivity (Wildman–Crippen MR) is 141 cm³/mol. The van der Waals surface area contributed by atoms with Gasteiger partial charge >= 0.3 is 6.09 Å². The van der Waals surface area contributed by atoms with Gasteiger partial charge in [0.05, 0.1) is 0 Å². The predicted octanol–water partition coefficient (Wildman–Crippen LogP) is 4.43. The molecule has 0 spiro atoms. The van der Waals surface area contributed by atoms with E-state index in [1.54, 1.807) is 20.8 Å². The molecule has 0 bridgehead atoms. The number of carbonyl (C=O) groups is 3. The second kappa shape index (κ2) is 13.6. The van der Waals surface area contributed by atoms with Gasteiger partial charge in [-0.2, -0.15) is 0 Å². The minimum absolute atomic E-state index is 0.0489. The number of ether oxygens (including phenoxy) is 1. The third-order valence-corrected chi connectivity index (χ3v) is 6.45. The standard InChI is InChI=1S/C23H37N7O4S2/c1-13(2)12-15(31)24-20-29-27-16(35-20)10-8-9-11-17-28-30-21(36-17)26-19(32)18(14(3)4)25-22(33)34-23(5,6)7/h13-14,18H,8-12H2,1-7H3,(H,25,33)(H,24,29,31)(H,26,30,32)/t18-/m0/s1. The lowest BCUT2D eigenvalue weighted by atomic mass is 10.0. The van der Waals surface area contributed by atoms with Crippen molar-refractivity contribution >= 4 is 50.8 Å². The van der Waals surface area contributed by atoms with E-state index in [0.717, 1.165) is 29.3 Å². The summed E-state index contributed by atoms with van der Waals surface area (Å²) in [4.78, 5) is 36.7. The van der Waals surface area contributed by atoms with Crippen LogP contribution >= 0.6 is 22.7 Å². The van der Waals surface area contributed by atoms with Crippen molar-refractivity contribution in [2.24, 2.45) is 11.8 Å². The number of anilines is 2. The Morgan fingerprint density at radius 2 is 1.39 bits per heavy atom. The third-order valence-electron chi connectivity index (χ3n) is 4.66. The average Bonchev–Trinajstić information content (AvgIpc) is 3.36. The third kappa shape index (κ3) is 10.9. The van der Waals surface area contributed by atoms with Gasteiger partial charge in [-0.3, -0.25) is 14.9 Å². The fourth-order valence-corrected chi connectivity index (χ4v) is 4.64. The number of hydrogen-bond donors (Lipinski definition) is 3. The summed E-state index contributed by atoms with van der Waals surface area (Å²) in [5, 5.41) is 27.1. The Labute approximate surface area is 220 Å². The zero-order valence-electron chi connectivity index (χ0n) is 22.0. The highest BCUT2D eigenvalue weighted by atomic mass is 32.1. The maximum absolute atomic E-state index is 12.7. The highest BCUT2D eigenvalue weighted by Crippen LogP contribution is 2.21. The molecular weight excluding hydrogens is 502 g/mol. The van der Waals surface area contributed by atoms with Crippen molar-refractivity contribution in [1.29, 1.82) is 0 Å². The van der Waals surface area contributed by atoms with E-state index in [9.17, 15) is 14.4 Å². The summed E-state index contributed by atoms with van der Waals surface area (Å²) in [6.45, 7) is 13.0. The number of alkyl carbamates (subject to hydrolysis) is 1. The molecular formula is C23H37N7O4S2. The number of unbranched alkanes of at least 4 members (excludes halogenated alkanes) is 1. The van der Waals surface area contributed by atoms with Crippen LogP contribution in [0.2, 0.25) is 0 Å². The molecule has 3 N–H and O–H groups in total. The van der Waals surface area contributed by atoms with E-state index in [1.807, 2.05) is 27.7 Å². The van der Waals surface area contributed by atoms with Gasteiger partial charge in [-0.15, -0.1) is 20.4 Å². The highest BCUT2D eigenvalue weighted by Gasteiger charge is 2.27. The summed E-state index contributed by atoms with van der Waals surface area (Å²) >= 11 is 2.70. The quantitative estimate of drug-likeness (QED) is 0.336. The molecule has 11 nitrogen and oxygen atoms in total. The number of aromatic nitrogens is 4. The lowest BCUT2D eigenvalue weighted by molar-refractivity contribution is -0.119. The first-order chi connectivity index (χ1) is 16.8. The Hall–Kier alpha value is -2.67. The van der Waals surface area contributed by atoms with Crippen molar-refractivity contribution in [2.75, 3.05) is 10.6 Å². The summed E-state index contributed by atoms with van der Waals surface area (Å²) in [5.74, 6) is -0.273. The number of nitrogens with zero attached hydrogens (tertiary/aromatic N) is 4. The molecule has 2 aromatic heterocycles. The van der Waals surface area contributed by atoms with E-state index < -0.39 is 17.7 Å². The smallest absolute Gasteiger partial charge is 0.408 e. The second-order valence-electron chi connectivity index (χ2n) is 10.2. The van der Waals surface area contributed by atoms with E-state index in [-0.39, 0.29) is 23.7 Å². The van der Waals surface area contributed by atoms with Gasteiger partial charge in [0.1, 0.15) is 21.7 Å². The molecule has 200 valence electrons. The number of nitrogens with one attached hydrogen (secondary N) is 3. The number of aryl methyl sites for hydroxylation is 2. The highest BCUT2D eigenvalue weighted by molar-refractivity contribution is 7.15. The van der Waals surface area contributed by atoms with Crippen LogP contribution in [-0.4, -0.2) is 49.9 Å². The van der Waals surface area contributed by atoms with Crippen molar-refractivity contribution in [1.82, 2.24) is 25.7 Å². The van der Waals surface area contributed by atoms with Gasteiger partial charge in [0.15, 0.2) is 0 Å². The second-order valence-corrected chi connectivity index (χ2v) is 12.3. The van der Waals surface area contributed by atoms with E-state index in [4.69, 9.17) is 4.74 Å². The zero-order valence-corrected chi connectivity index (χ0v) is 23.6. The Morgan fingerprint density at radius 1 is 0.861 bits per heavy atom. The Morgan fingerprint density at radius 3 is 1.86 bits per heavy atom. The molecule has 0 fully saturated rings. The zero-order chi connectivity index (χ0) is 26.9. The fourth-order valence-electron chi connectivity index (χ4n) is 3.06. The molecule has 0 saturated heterocycles. The van der Waals surface area contributed by atoms with Crippen molar-refractivity contribution in [3.8, 4) is 0 Å². The SMILES string of the molecule is CC(C)CC(=O)Nc1nnc(CCCCc2nnc(NC(=O)[C@@H](NC(=O)OC(C)(C)C)C(C)C)s2)s1. The van der Waals surface area contributed by atoms with Crippen LogP contribution < -0.4 is 16.0 Å². The lowest BCUT2D eigenvalue weighted by Crippen LogP contribution is -2.48. The molecule has 2 rings (SSSR count). The summed E-state index contributed by atoms with van der Waals surface area (Å²) in [6.07, 6.45) is 3.03. The Balaban J connectivity index is 1.77. The normalized spacial score (nSPS) is 12.5. The van der Waals surface area contributed by atoms with Gasteiger partial charge in [0.2, 0.25) is 22.1 Å². The number of amides is 3. The van der Waals surface area contributed by atoms with Crippen molar-refractivity contribution in [3.05, 3.63) is 10.0 Å². The molecule has 2 aromatic rings. The largest absolute Gasteiger partial charge is 0.444 e. The molecule has 13 heteroatoms. The Bertz CT molecular complexity index is 1010. The summed E-state index contributed by atoms with van der Waals surface area (Å²) in [5.41, 5.74) is -0.655. The molecule has 2 heterocycles. The molecule has 0 aliphatic carbocycles. The van der Waals surface area contributed by atoms with Crippen molar-refractivity contribution in [2.45, 2.75) is 92.2 Å². The molecule has 0 radical (unpaired) electrons. The van der Waals surface area contributed by atoms with Crippen LogP contribution in [0.4, 0.5) is 15.1 Å². The van der Waals surface area contributed by atoms with Crippen LogP contribution in [0.15, 0.2) is 0 Å². The topological polar surface area (TPSA) is 148 Å². The van der Waals surface area contributed by atoms with Crippen LogP contribution in [0.5, 0.6) is 0 Å². The minimum Gasteiger partial charge on any atom is -0.444 e. The number of hydrogen-bond acceptors (Lipinski definition) is 10. The minimum atomic E-state index is -0.765. The van der Waals surface area contributed by atoms with Crippen molar-refractivity contribution in [3.63, 3.8) is 0 Å². The average molecular weight is 540 g/mol. The molecule has 0 aliphatic heterocycles. The molecule has 1 atom stereocenters. The number of rotatable bonds is 12. The molecule has 36 heavy (non-hydrogen) atoms. The monoisotopic (exact) mass is 539 g/mol. The van der Waals surface area contributed by atoms with Gasteiger partial charge < -0.3 is 15.4 Å². The Kier molecular flexibility index (Phi) is 11.2. The van der Waals surface area contributed by atoms with Crippen LogP contribution in [0.1, 0.15) is 77.7 Å². The fraction of sp³-hybridized carbons (Fsp3) is 0.696. The summed E-state index contributed by atoms with van der Waals surface area (Å²) in [6, 6.07) is -0.765. The first kappa shape index (κ1) is 29.6. The van der Waals surface area contributed by atoms with Crippen molar-refractivity contribution < 1.29 is 19.1 Å². The van der Waals surface area contributed by atoms with E-state index in [1.165, 1.54) is 22.7 Å². The van der Waals surface area contributed by atoms with E-state index in [2.05, 4.69) is 36.3 Å².